The fourth-order valence-electron chi connectivity index (χ4n) is 3.91. The van der Waals surface area contributed by atoms with E-state index in [1.165, 1.54) is 17.3 Å². The highest BCUT2D eigenvalue weighted by Gasteiger charge is 2.23. The normalized spacial score (nSPS) is 14.4. The Bertz CT molecular complexity index is 1090. The first-order valence-corrected chi connectivity index (χ1v) is 11.2. The van der Waals surface area contributed by atoms with Gasteiger partial charge in [-0.25, -0.2) is 4.98 Å². The molecule has 6 heteroatoms. The summed E-state index contributed by atoms with van der Waals surface area (Å²) < 4.78 is 1.82. The molecule has 1 aliphatic rings. The van der Waals surface area contributed by atoms with Crippen LogP contribution >= 0.6 is 11.8 Å². The SMILES string of the molecule is CCc1cccc(NC(=O)CSc2nc3ccccc3c(=O)n2C2CCCC2)c1. The Morgan fingerprint density at radius 1 is 1.17 bits per heavy atom. The largest absolute Gasteiger partial charge is 0.325 e. The summed E-state index contributed by atoms with van der Waals surface area (Å²) >= 11 is 1.34. The maximum atomic E-state index is 13.2. The van der Waals surface area contributed by atoms with E-state index in [9.17, 15) is 9.59 Å². The number of amides is 1. The third-order valence-electron chi connectivity index (χ3n) is 5.42. The number of aryl methyl sites for hydroxylation is 1. The molecule has 0 saturated heterocycles. The quantitative estimate of drug-likeness (QED) is 0.471. The van der Waals surface area contributed by atoms with Crippen LogP contribution < -0.4 is 10.9 Å². The highest BCUT2D eigenvalue weighted by molar-refractivity contribution is 7.99. The maximum Gasteiger partial charge on any atom is 0.262 e. The van der Waals surface area contributed by atoms with Crippen molar-refractivity contribution in [1.29, 1.82) is 0 Å². The van der Waals surface area contributed by atoms with Gasteiger partial charge >= 0.3 is 0 Å². The Balaban J connectivity index is 1.57. The van der Waals surface area contributed by atoms with E-state index in [2.05, 4.69) is 12.2 Å². The van der Waals surface area contributed by atoms with Gasteiger partial charge < -0.3 is 5.32 Å². The van der Waals surface area contributed by atoms with Gasteiger partial charge in [-0.1, -0.05) is 55.8 Å². The number of benzene rings is 2. The van der Waals surface area contributed by atoms with Crippen molar-refractivity contribution in [3.05, 3.63) is 64.4 Å². The van der Waals surface area contributed by atoms with Gasteiger partial charge in [-0.3, -0.25) is 14.2 Å². The van der Waals surface area contributed by atoms with Gasteiger partial charge in [0.05, 0.1) is 16.7 Å². The van der Waals surface area contributed by atoms with Gasteiger partial charge in [0.15, 0.2) is 5.16 Å². The highest BCUT2D eigenvalue weighted by atomic mass is 32.2. The summed E-state index contributed by atoms with van der Waals surface area (Å²) in [6, 6.07) is 15.5. The molecule has 1 saturated carbocycles. The molecule has 4 rings (SSSR count). The van der Waals surface area contributed by atoms with Gasteiger partial charge in [0, 0.05) is 11.7 Å². The molecule has 150 valence electrons. The van der Waals surface area contributed by atoms with Crippen LogP contribution in [0.25, 0.3) is 10.9 Å². The number of fused-ring (bicyclic) bond motifs is 1. The average Bonchev–Trinajstić information content (AvgIpc) is 3.27. The van der Waals surface area contributed by atoms with Crippen LogP contribution in [-0.2, 0) is 11.2 Å². The van der Waals surface area contributed by atoms with E-state index in [0.29, 0.717) is 16.1 Å². The molecule has 0 unspecified atom stereocenters. The lowest BCUT2D eigenvalue weighted by molar-refractivity contribution is -0.113. The first-order valence-electron chi connectivity index (χ1n) is 10.2. The van der Waals surface area contributed by atoms with Gasteiger partial charge in [-0.15, -0.1) is 0 Å². The van der Waals surface area contributed by atoms with Crippen LogP contribution in [-0.4, -0.2) is 21.2 Å². The fraction of sp³-hybridized carbons (Fsp3) is 0.348. The topological polar surface area (TPSA) is 64.0 Å². The van der Waals surface area contributed by atoms with Crippen LogP contribution in [0.5, 0.6) is 0 Å². The Morgan fingerprint density at radius 2 is 1.97 bits per heavy atom. The molecule has 1 aromatic heterocycles. The summed E-state index contributed by atoms with van der Waals surface area (Å²) in [6.07, 6.45) is 5.16. The molecule has 2 aromatic carbocycles. The van der Waals surface area contributed by atoms with Crippen molar-refractivity contribution in [2.24, 2.45) is 0 Å². The number of hydrogen-bond acceptors (Lipinski definition) is 4. The lowest BCUT2D eigenvalue weighted by Crippen LogP contribution is -2.27. The van der Waals surface area contributed by atoms with E-state index in [4.69, 9.17) is 4.98 Å². The molecular weight excluding hydrogens is 382 g/mol. The van der Waals surface area contributed by atoms with Crippen LogP contribution in [0, 0.1) is 0 Å². The number of anilines is 1. The summed E-state index contributed by atoms with van der Waals surface area (Å²) in [5.74, 6) is 0.122. The number of para-hydroxylation sites is 1. The zero-order valence-corrected chi connectivity index (χ0v) is 17.4. The molecule has 1 N–H and O–H groups in total. The van der Waals surface area contributed by atoms with E-state index in [1.54, 1.807) is 0 Å². The molecule has 0 radical (unpaired) electrons. The number of rotatable bonds is 6. The summed E-state index contributed by atoms with van der Waals surface area (Å²) in [7, 11) is 0. The van der Waals surface area contributed by atoms with E-state index in [1.807, 2.05) is 53.1 Å². The number of aromatic nitrogens is 2. The van der Waals surface area contributed by atoms with E-state index in [0.717, 1.165) is 37.8 Å². The Kier molecular flexibility index (Phi) is 6.00. The average molecular weight is 408 g/mol. The van der Waals surface area contributed by atoms with Crippen molar-refractivity contribution in [3.8, 4) is 0 Å². The Labute approximate surface area is 174 Å². The van der Waals surface area contributed by atoms with Gasteiger partial charge in [0.2, 0.25) is 5.91 Å². The molecule has 3 aromatic rings. The minimum Gasteiger partial charge on any atom is -0.325 e. The van der Waals surface area contributed by atoms with Crippen molar-refractivity contribution in [3.63, 3.8) is 0 Å². The molecule has 0 atom stereocenters. The van der Waals surface area contributed by atoms with Crippen LogP contribution in [0.4, 0.5) is 5.69 Å². The van der Waals surface area contributed by atoms with Crippen molar-refractivity contribution < 1.29 is 4.79 Å². The molecule has 1 fully saturated rings. The zero-order chi connectivity index (χ0) is 20.2. The lowest BCUT2D eigenvalue weighted by atomic mass is 10.1. The molecule has 29 heavy (non-hydrogen) atoms. The molecule has 1 aliphatic carbocycles. The fourth-order valence-corrected chi connectivity index (χ4v) is 4.77. The monoisotopic (exact) mass is 407 g/mol. The summed E-state index contributed by atoms with van der Waals surface area (Å²) in [5.41, 5.74) is 2.67. The Hall–Kier alpha value is -2.60. The summed E-state index contributed by atoms with van der Waals surface area (Å²) in [4.78, 5) is 30.4. The minimum absolute atomic E-state index is 0.000977. The predicted molar refractivity (Wildman–Crippen MR) is 119 cm³/mol. The molecule has 5 nitrogen and oxygen atoms in total. The second-order valence-corrected chi connectivity index (χ2v) is 8.36. The van der Waals surface area contributed by atoms with Crippen molar-refractivity contribution in [2.75, 3.05) is 11.1 Å². The molecular formula is C23H25N3O2S. The van der Waals surface area contributed by atoms with E-state index < -0.39 is 0 Å². The van der Waals surface area contributed by atoms with Gasteiger partial charge in [0.1, 0.15) is 0 Å². The van der Waals surface area contributed by atoms with Gasteiger partial charge in [-0.2, -0.15) is 0 Å². The second-order valence-electron chi connectivity index (χ2n) is 7.42. The number of carbonyl (C=O) groups excluding carboxylic acids is 1. The first kappa shape index (κ1) is 19.7. The summed E-state index contributed by atoms with van der Waals surface area (Å²) in [5, 5.41) is 4.23. The van der Waals surface area contributed by atoms with Crippen molar-refractivity contribution in [2.45, 2.75) is 50.2 Å². The number of nitrogens with one attached hydrogen (secondary N) is 1. The minimum atomic E-state index is -0.0939. The van der Waals surface area contributed by atoms with Crippen LogP contribution in [0.2, 0.25) is 0 Å². The van der Waals surface area contributed by atoms with Gasteiger partial charge in [-0.05, 0) is 49.1 Å². The standard InChI is InChI=1S/C23H25N3O2S/c1-2-16-8-7-9-17(14-16)24-21(27)15-29-23-25-20-13-6-5-12-19(20)22(28)26(23)18-10-3-4-11-18/h5-9,12-14,18H,2-4,10-11,15H2,1H3,(H,24,27). The molecule has 1 heterocycles. The van der Waals surface area contributed by atoms with Gasteiger partial charge in [0.25, 0.3) is 5.56 Å². The number of carbonyl (C=O) groups is 1. The molecule has 0 aliphatic heterocycles. The molecule has 0 spiro atoms. The third-order valence-corrected chi connectivity index (χ3v) is 6.37. The predicted octanol–water partition coefficient (Wildman–Crippen LogP) is 4.80. The van der Waals surface area contributed by atoms with Crippen LogP contribution in [0.1, 0.15) is 44.2 Å². The first-order chi connectivity index (χ1) is 14.2. The van der Waals surface area contributed by atoms with Crippen LogP contribution in [0.15, 0.2) is 58.5 Å². The van der Waals surface area contributed by atoms with Crippen molar-refractivity contribution >= 4 is 34.3 Å². The van der Waals surface area contributed by atoms with Crippen LogP contribution in [0.3, 0.4) is 0 Å². The zero-order valence-electron chi connectivity index (χ0n) is 16.6. The smallest absolute Gasteiger partial charge is 0.262 e. The highest BCUT2D eigenvalue weighted by Crippen LogP contribution is 2.32. The Morgan fingerprint density at radius 3 is 2.76 bits per heavy atom. The molecule has 0 bridgehead atoms. The van der Waals surface area contributed by atoms with Crippen molar-refractivity contribution in [1.82, 2.24) is 9.55 Å². The third kappa shape index (κ3) is 4.37. The number of thioether (sulfide) groups is 1. The summed E-state index contributed by atoms with van der Waals surface area (Å²) in [6.45, 7) is 2.09. The second kappa shape index (κ2) is 8.82. The van der Waals surface area contributed by atoms with E-state index in [-0.39, 0.29) is 23.3 Å². The van der Waals surface area contributed by atoms with E-state index >= 15 is 0 Å². The maximum absolute atomic E-state index is 13.2. The number of nitrogens with zero attached hydrogens (tertiary/aromatic N) is 2. The molecule has 1 amide bonds. The lowest BCUT2D eigenvalue weighted by Gasteiger charge is -2.18. The number of hydrogen-bond donors (Lipinski definition) is 1.